The van der Waals surface area contributed by atoms with E-state index in [0.717, 1.165) is 0 Å². The molecular weight excluding hydrogens is 273 g/mol. The van der Waals surface area contributed by atoms with Crippen molar-refractivity contribution in [2.45, 2.75) is 33.3 Å². The number of rotatable bonds is 2. The smallest absolute Gasteiger partial charge is 0.408 e. The molecule has 0 radical (unpaired) electrons. The Bertz CT molecular complexity index is 606. The van der Waals surface area contributed by atoms with Crippen molar-refractivity contribution in [2.75, 3.05) is 6.54 Å². The predicted octanol–water partition coefficient (Wildman–Crippen LogP) is 2.90. The molecule has 0 atom stereocenters. The fourth-order valence-electron chi connectivity index (χ4n) is 1.47. The first-order valence-electron chi connectivity index (χ1n) is 6.46. The van der Waals surface area contributed by atoms with Crippen LogP contribution >= 0.6 is 0 Å². The minimum absolute atomic E-state index is 0.00176. The summed E-state index contributed by atoms with van der Waals surface area (Å²) in [5.41, 5.74) is -0.463. The highest BCUT2D eigenvalue weighted by Crippen LogP contribution is 2.12. The first-order chi connectivity index (χ1) is 9.70. The van der Waals surface area contributed by atoms with Gasteiger partial charge in [0, 0.05) is 0 Å². The molecule has 0 heterocycles. The van der Waals surface area contributed by atoms with Crippen molar-refractivity contribution in [1.82, 2.24) is 5.32 Å². The average Bonchev–Trinajstić information content (AvgIpc) is 2.33. The van der Waals surface area contributed by atoms with Crippen molar-refractivity contribution in [3.8, 4) is 11.8 Å². The van der Waals surface area contributed by atoms with Crippen LogP contribution in [0.3, 0.4) is 0 Å². The van der Waals surface area contributed by atoms with Crippen molar-refractivity contribution in [1.29, 1.82) is 0 Å². The van der Waals surface area contributed by atoms with Gasteiger partial charge < -0.3 is 10.1 Å². The summed E-state index contributed by atoms with van der Waals surface area (Å²) in [5.74, 6) is 4.19. The highest BCUT2D eigenvalue weighted by atomic mass is 19.1. The maximum atomic E-state index is 13.9. The van der Waals surface area contributed by atoms with Gasteiger partial charge in [-0.25, -0.2) is 9.18 Å². The molecule has 4 nitrogen and oxygen atoms in total. The minimum atomic E-state index is -0.644. The summed E-state index contributed by atoms with van der Waals surface area (Å²) < 4.78 is 18.9. The van der Waals surface area contributed by atoms with E-state index in [-0.39, 0.29) is 23.5 Å². The lowest BCUT2D eigenvalue weighted by Gasteiger charge is -2.19. The Kier molecular flexibility index (Phi) is 5.48. The molecule has 1 N–H and O–H groups in total. The van der Waals surface area contributed by atoms with Crippen molar-refractivity contribution >= 4 is 11.9 Å². The molecule has 0 saturated heterocycles. The number of hydrogen-bond acceptors (Lipinski definition) is 3. The SMILES string of the molecule is CC(=O)c1cccc(C#CCNC(=O)OC(C)(C)C)c1F. The Morgan fingerprint density at radius 3 is 2.57 bits per heavy atom. The molecule has 5 heteroatoms. The molecule has 0 aliphatic rings. The summed E-state index contributed by atoms with van der Waals surface area (Å²) in [6.45, 7) is 6.57. The molecular formula is C16H18FNO3. The largest absolute Gasteiger partial charge is 0.444 e. The first kappa shape index (κ1) is 16.7. The second-order valence-electron chi connectivity index (χ2n) is 5.38. The normalized spacial score (nSPS) is 10.3. The van der Waals surface area contributed by atoms with Crippen molar-refractivity contribution in [2.24, 2.45) is 0 Å². The molecule has 0 bridgehead atoms. The summed E-state index contributed by atoms with van der Waals surface area (Å²) in [7, 11) is 0. The third kappa shape index (κ3) is 5.65. The van der Waals surface area contributed by atoms with Crippen LogP contribution in [-0.2, 0) is 4.74 Å². The number of carbonyl (C=O) groups excluding carboxylic acids is 2. The molecule has 0 aromatic heterocycles. The highest BCUT2D eigenvalue weighted by molar-refractivity contribution is 5.94. The number of alkyl carbamates (subject to hydrolysis) is 1. The van der Waals surface area contributed by atoms with Crippen LogP contribution in [0.4, 0.5) is 9.18 Å². The van der Waals surface area contributed by atoms with E-state index in [0.29, 0.717) is 0 Å². The third-order valence-electron chi connectivity index (χ3n) is 2.32. The predicted molar refractivity (Wildman–Crippen MR) is 77.5 cm³/mol. The number of carbonyl (C=O) groups is 2. The van der Waals surface area contributed by atoms with Gasteiger partial charge in [-0.1, -0.05) is 17.9 Å². The molecule has 0 saturated carbocycles. The molecule has 0 aliphatic carbocycles. The van der Waals surface area contributed by atoms with Crippen LogP contribution in [0.15, 0.2) is 18.2 Å². The zero-order valence-electron chi connectivity index (χ0n) is 12.5. The molecule has 1 aromatic carbocycles. The number of halogens is 1. The fraction of sp³-hybridized carbons (Fsp3) is 0.375. The van der Waals surface area contributed by atoms with Crippen LogP contribution < -0.4 is 5.32 Å². The molecule has 112 valence electrons. The standard InChI is InChI=1S/C16H18FNO3/c1-11(19)13-9-5-7-12(14(13)17)8-6-10-18-15(20)21-16(2,3)4/h5,7,9H,10H2,1-4H3,(H,18,20). The molecule has 0 spiro atoms. The van der Waals surface area contributed by atoms with Crippen molar-refractivity contribution in [3.05, 3.63) is 35.1 Å². The Hall–Kier alpha value is -2.35. The topological polar surface area (TPSA) is 55.4 Å². The van der Waals surface area contributed by atoms with Gasteiger partial charge in [-0.2, -0.15) is 0 Å². The summed E-state index contributed by atoms with van der Waals surface area (Å²) in [6, 6.07) is 4.44. The minimum Gasteiger partial charge on any atom is -0.444 e. The van der Waals surface area contributed by atoms with E-state index in [1.54, 1.807) is 26.8 Å². The lowest BCUT2D eigenvalue weighted by molar-refractivity contribution is 0.0535. The van der Waals surface area contributed by atoms with Crippen LogP contribution in [-0.4, -0.2) is 24.0 Å². The summed E-state index contributed by atoms with van der Waals surface area (Å²) in [5, 5.41) is 2.44. The van der Waals surface area contributed by atoms with E-state index in [1.807, 2.05) is 0 Å². The van der Waals surface area contributed by atoms with Crippen molar-refractivity contribution < 1.29 is 18.7 Å². The molecule has 1 amide bonds. The molecule has 0 unspecified atom stereocenters. The number of amides is 1. The first-order valence-corrected chi connectivity index (χ1v) is 6.46. The van der Waals surface area contributed by atoms with Crippen LogP contribution in [0.2, 0.25) is 0 Å². The zero-order chi connectivity index (χ0) is 16.0. The molecule has 1 rings (SSSR count). The van der Waals surface area contributed by atoms with Gasteiger partial charge in [-0.15, -0.1) is 0 Å². The Morgan fingerprint density at radius 1 is 1.33 bits per heavy atom. The van der Waals surface area contributed by atoms with Gasteiger partial charge in [-0.3, -0.25) is 4.79 Å². The molecule has 0 fully saturated rings. The van der Waals surface area contributed by atoms with E-state index < -0.39 is 17.5 Å². The Balaban J connectivity index is 2.66. The number of Topliss-reactive ketones (excluding diaryl/α,β-unsaturated/α-hetero) is 1. The van der Waals surface area contributed by atoms with Gasteiger partial charge >= 0.3 is 6.09 Å². The zero-order valence-corrected chi connectivity index (χ0v) is 12.5. The number of ether oxygens (including phenoxy) is 1. The van der Waals surface area contributed by atoms with Crippen LogP contribution in [0, 0.1) is 17.7 Å². The average molecular weight is 291 g/mol. The van der Waals surface area contributed by atoms with E-state index in [4.69, 9.17) is 4.74 Å². The van der Waals surface area contributed by atoms with Gasteiger partial charge in [0.25, 0.3) is 0 Å². The molecule has 0 aliphatic heterocycles. The maximum Gasteiger partial charge on any atom is 0.408 e. The lowest BCUT2D eigenvalue weighted by atomic mass is 10.1. The van der Waals surface area contributed by atoms with E-state index in [9.17, 15) is 14.0 Å². The molecule has 1 aromatic rings. The molecule has 21 heavy (non-hydrogen) atoms. The lowest BCUT2D eigenvalue weighted by Crippen LogP contribution is -2.32. The van der Waals surface area contributed by atoms with Crippen LogP contribution in [0.5, 0.6) is 0 Å². The van der Waals surface area contributed by atoms with E-state index in [2.05, 4.69) is 17.2 Å². The van der Waals surface area contributed by atoms with Gasteiger partial charge in [0.1, 0.15) is 11.4 Å². The third-order valence-corrected chi connectivity index (χ3v) is 2.32. The van der Waals surface area contributed by atoms with Gasteiger partial charge in [0.15, 0.2) is 5.78 Å². The van der Waals surface area contributed by atoms with E-state index in [1.165, 1.54) is 19.1 Å². The maximum absolute atomic E-state index is 13.9. The summed E-state index contributed by atoms with van der Waals surface area (Å²) >= 11 is 0. The number of ketones is 1. The quantitative estimate of drug-likeness (QED) is 0.673. The van der Waals surface area contributed by atoms with Crippen LogP contribution in [0.25, 0.3) is 0 Å². The van der Waals surface area contributed by atoms with Crippen LogP contribution in [0.1, 0.15) is 43.6 Å². The number of nitrogens with one attached hydrogen (secondary N) is 1. The number of hydrogen-bond donors (Lipinski definition) is 1. The van der Waals surface area contributed by atoms with Gasteiger partial charge in [0.2, 0.25) is 0 Å². The summed E-state index contributed by atoms with van der Waals surface area (Å²) in [6.07, 6.45) is -0.588. The van der Waals surface area contributed by atoms with E-state index >= 15 is 0 Å². The Morgan fingerprint density at radius 2 is 2.00 bits per heavy atom. The Labute approximate surface area is 123 Å². The highest BCUT2D eigenvalue weighted by Gasteiger charge is 2.15. The van der Waals surface area contributed by atoms with Gasteiger partial charge in [0.05, 0.1) is 17.7 Å². The second-order valence-corrected chi connectivity index (χ2v) is 5.38. The monoisotopic (exact) mass is 291 g/mol. The fourth-order valence-corrected chi connectivity index (χ4v) is 1.47. The van der Waals surface area contributed by atoms with Gasteiger partial charge in [-0.05, 0) is 39.8 Å². The van der Waals surface area contributed by atoms with Crippen molar-refractivity contribution in [3.63, 3.8) is 0 Å². The number of benzene rings is 1. The summed E-state index contributed by atoms with van der Waals surface area (Å²) in [4.78, 5) is 22.6. The second kappa shape index (κ2) is 6.89.